The second kappa shape index (κ2) is 14.5. The summed E-state index contributed by atoms with van der Waals surface area (Å²) in [6.45, 7) is 6.89. The molecular formula is C27H34N2O6. The maximum absolute atomic E-state index is 13.0. The van der Waals surface area contributed by atoms with Gasteiger partial charge in [0.05, 0.1) is 13.2 Å². The van der Waals surface area contributed by atoms with Gasteiger partial charge in [-0.15, -0.1) is 0 Å². The van der Waals surface area contributed by atoms with Gasteiger partial charge in [0.1, 0.15) is 5.70 Å². The van der Waals surface area contributed by atoms with Crippen LogP contribution in [0, 0.1) is 6.92 Å². The van der Waals surface area contributed by atoms with E-state index in [0.717, 1.165) is 5.56 Å². The van der Waals surface area contributed by atoms with Gasteiger partial charge in [0, 0.05) is 18.5 Å². The summed E-state index contributed by atoms with van der Waals surface area (Å²) in [5.74, 6) is -0.506. The van der Waals surface area contributed by atoms with Crippen molar-refractivity contribution in [3.05, 3.63) is 64.9 Å². The highest BCUT2D eigenvalue weighted by molar-refractivity contribution is 6.05. The highest BCUT2D eigenvalue weighted by atomic mass is 16.5. The van der Waals surface area contributed by atoms with E-state index in [1.54, 1.807) is 36.4 Å². The molecule has 2 aromatic rings. The topological polar surface area (TPSA) is 114 Å². The molecule has 0 unspecified atom stereocenters. The molecule has 0 spiro atoms. The minimum absolute atomic E-state index is 0.0930. The largest absolute Gasteiger partial charge is 0.490 e. The van der Waals surface area contributed by atoms with Crippen LogP contribution in [-0.4, -0.2) is 42.6 Å². The molecule has 0 aromatic heterocycles. The summed E-state index contributed by atoms with van der Waals surface area (Å²) in [4.78, 5) is 36.5. The highest BCUT2D eigenvalue weighted by Gasteiger charge is 2.16. The summed E-state index contributed by atoms with van der Waals surface area (Å²) in [7, 11) is 0. The van der Waals surface area contributed by atoms with Crippen molar-refractivity contribution in [1.82, 2.24) is 10.6 Å². The molecule has 0 heterocycles. The van der Waals surface area contributed by atoms with Crippen LogP contribution >= 0.6 is 0 Å². The monoisotopic (exact) mass is 482 g/mol. The van der Waals surface area contributed by atoms with Gasteiger partial charge in [-0.05, 0) is 69.0 Å². The Bertz CT molecular complexity index is 1050. The predicted molar refractivity (Wildman–Crippen MR) is 135 cm³/mol. The van der Waals surface area contributed by atoms with Crippen LogP contribution in [0.15, 0.2) is 48.2 Å². The van der Waals surface area contributed by atoms with Gasteiger partial charge in [0.2, 0.25) is 0 Å². The van der Waals surface area contributed by atoms with Gasteiger partial charge in [-0.3, -0.25) is 14.4 Å². The van der Waals surface area contributed by atoms with E-state index >= 15 is 0 Å². The summed E-state index contributed by atoms with van der Waals surface area (Å²) in [5, 5.41) is 14.3. The summed E-state index contributed by atoms with van der Waals surface area (Å²) in [6, 6.07) is 12.4. The number of benzene rings is 2. The standard InChI is InChI=1S/C27H34N2O6/c1-4-34-23-15-14-20(18-24(23)35-5-2)17-22(27(33)28-16-10-6-7-13-25(30)31)29-26(32)21-12-9-8-11-19(21)3/h8-9,11-12,14-15,17-18H,4-7,10,13,16H2,1-3H3,(H,28,33)(H,29,32)(H,30,31)/b22-17+. The zero-order valence-electron chi connectivity index (χ0n) is 20.6. The molecule has 2 rings (SSSR count). The number of hydrogen-bond acceptors (Lipinski definition) is 5. The Morgan fingerprint density at radius 2 is 1.66 bits per heavy atom. The number of amides is 2. The zero-order valence-corrected chi connectivity index (χ0v) is 20.6. The summed E-state index contributed by atoms with van der Waals surface area (Å²) in [5.41, 5.74) is 2.02. The summed E-state index contributed by atoms with van der Waals surface area (Å²) in [6.07, 6.45) is 3.55. The molecule has 3 N–H and O–H groups in total. The third-order valence-corrected chi connectivity index (χ3v) is 5.11. The maximum Gasteiger partial charge on any atom is 0.303 e. The summed E-state index contributed by atoms with van der Waals surface area (Å²) >= 11 is 0. The van der Waals surface area contributed by atoms with Crippen LogP contribution in [0.2, 0.25) is 0 Å². The molecule has 0 bridgehead atoms. The first kappa shape index (κ1) is 27.4. The first-order valence-corrected chi connectivity index (χ1v) is 11.8. The Balaban J connectivity index is 2.23. The van der Waals surface area contributed by atoms with Gasteiger partial charge in [0.15, 0.2) is 11.5 Å². The SMILES string of the molecule is CCOc1ccc(/C=C(/NC(=O)c2ccccc2C)C(=O)NCCCCCC(=O)O)cc1OCC. The van der Waals surface area contributed by atoms with Crippen LogP contribution in [0.4, 0.5) is 0 Å². The van der Waals surface area contributed by atoms with Crippen LogP contribution < -0.4 is 20.1 Å². The van der Waals surface area contributed by atoms with Gasteiger partial charge < -0.3 is 25.2 Å². The quantitative estimate of drug-likeness (QED) is 0.273. The Hall–Kier alpha value is -3.81. The van der Waals surface area contributed by atoms with Crippen LogP contribution in [0.1, 0.15) is 61.0 Å². The molecule has 35 heavy (non-hydrogen) atoms. The van der Waals surface area contributed by atoms with Crippen LogP contribution in [-0.2, 0) is 9.59 Å². The van der Waals surface area contributed by atoms with Crippen LogP contribution in [0.5, 0.6) is 11.5 Å². The number of ether oxygens (including phenoxy) is 2. The van der Waals surface area contributed by atoms with E-state index in [2.05, 4.69) is 10.6 Å². The van der Waals surface area contributed by atoms with Crippen molar-refractivity contribution in [2.24, 2.45) is 0 Å². The fraction of sp³-hybridized carbons (Fsp3) is 0.370. The van der Waals surface area contributed by atoms with Crippen molar-refractivity contribution in [3.63, 3.8) is 0 Å². The highest BCUT2D eigenvalue weighted by Crippen LogP contribution is 2.29. The molecule has 0 aliphatic heterocycles. The molecule has 0 atom stereocenters. The van der Waals surface area contributed by atoms with E-state index in [1.807, 2.05) is 32.9 Å². The van der Waals surface area contributed by atoms with E-state index in [1.165, 1.54) is 0 Å². The Morgan fingerprint density at radius 1 is 0.943 bits per heavy atom. The third kappa shape index (κ3) is 9.16. The molecule has 0 fully saturated rings. The number of rotatable bonds is 14. The van der Waals surface area contributed by atoms with Crippen molar-refractivity contribution in [1.29, 1.82) is 0 Å². The average Bonchev–Trinajstić information content (AvgIpc) is 2.82. The molecule has 0 aliphatic rings. The number of hydrogen-bond donors (Lipinski definition) is 3. The molecule has 8 heteroatoms. The molecule has 0 saturated heterocycles. The molecule has 0 saturated carbocycles. The predicted octanol–water partition coefficient (Wildman–Crippen LogP) is 4.32. The fourth-order valence-electron chi connectivity index (χ4n) is 3.38. The lowest BCUT2D eigenvalue weighted by atomic mass is 10.1. The minimum atomic E-state index is -0.833. The Kier molecular flexibility index (Phi) is 11.3. The molecule has 0 radical (unpaired) electrons. The van der Waals surface area contributed by atoms with Gasteiger partial charge >= 0.3 is 5.97 Å². The maximum atomic E-state index is 13.0. The third-order valence-electron chi connectivity index (χ3n) is 5.11. The lowest BCUT2D eigenvalue weighted by molar-refractivity contribution is -0.137. The van der Waals surface area contributed by atoms with Gasteiger partial charge in [0.25, 0.3) is 11.8 Å². The fourth-order valence-corrected chi connectivity index (χ4v) is 3.38. The molecule has 2 aromatic carbocycles. The van der Waals surface area contributed by atoms with E-state index in [9.17, 15) is 14.4 Å². The number of carbonyl (C=O) groups is 3. The Labute approximate surface area is 206 Å². The number of aryl methyl sites for hydroxylation is 1. The normalized spacial score (nSPS) is 11.0. The number of carbonyl (C=O) groups excluding carboxylic acids is 2. The van der Waals surface area contributed by atoms with E-state index in [0.29, 0.717) is 61.6 Å². The number of unbranched alkanes of at least 4 members (excludes halogenated alkanes) is 2. The van der Waals surface area contributed by atoms with Crippen molar-refractivity contribution in [2.75, 3.05) is 19.8 Å². The molecule has 8 nitrogen and oxygen atoms in total. The Morgan fingerprint density at radius 3 is 2.34 bits per heavy atom. The van der Waals surface area contributed by atoms with E-state index in [-0.39, 0.29) is 18.0 Å². The first-order valence-electron chi connectivity index (χ1n) is 11.8. The lowest BCUT2D eigenvalue weighted by Gasteiger charge is -2.14. The smallest absolute Gasteiger partial charge is 0.303 e. The van der Waals surface area contributed by atoms with Gasteiger partial charge in [-0.2, -0.15) is 0 Å². The van der Waals surface area contributed by atoms with Crippen molar-refractivity contribution < 1.29 is 29.0 Å². The number of aliphatic carboxylic acids is 1. The van der Waals surface area contributed by atoms with Crippen molar-refractivity contribution in [2.45, 2.75) is 46.5 Å². The number of carboxylic acids is 1. The van der Waals surface area contributed by atoms with Gasteiger partial charge in [-0.25, -0.2) is 0 Å². The number of nitrogens with one attached hydrogen (secondary N) is 2. The molecule has 0 aliphatic carbocycles. The van der Waals surface area contributed by atoms with Crippen LogP contribution in [0.3, 0.4) is 0 Å². The van der Waals surface area contributed by atoms with E-state index < -0.39 is 11.9 Å². The second-order valence-corrected chi connectivity index (χ2v) is 7.86. The average molecular weight is 483 g/mol. The van der Waals surface area contributed by atoms with Gasteiger partial charge in [-0.1, -0.05) is 30.7 Å². The second-order valence-electron chi connectivity index (χ2n) is 7.86. The summed E-state index contributed by atoms with van der Waals surface area (Å²) < 4.78 is 11.3. The first-order chi connectivity index (χ1) is 16.8. The minimum Gasteiger partial charge on any atom is -0.490 e. The lowest BCUT2D eigenvalue weighted by Crippen LogP contribution is -2.35. The zero-order chi connectivity index (χ0) is 25.6. The van der Waals surface area contributed by atoms with Crippen LogP contribution in [0.25, 0.3) is 6.08 Å². The van der Waals surface area contributed by atoms with E-state index in [4.69, 9.17) is 14.6 Å². The number of carboxylic acid groups (broad SMARTS) is 1. The molecular weight excluding hydrogens is 448 g/mol. The van der Waals surface area contributed by atoms with Crippen molar-refractivity contribution >= 4 is 23.9 Å². The van der Waals surface area contributed by atoms with Crippen molar-refractivity contribution in [3.8, 4) is 11.5 Å². The molecule has 2 amide bonds. The molecule has 188 valence electrons.